The van der Waals surface area contributed by atoms with Crippen molar-refractivity contribution in [2.45, 2.75) is 34.1 Å². The van der Waals surface area contributed by atoms with Crippen LogP contribution < -0.4 is 0 Å². The highest BCUT2D eigenvalue weighted by atomic mass is 13.8. The Morgan fingerprint density at radius 2 is 1.91 bits per heavy atom. The van der Waals surface area contributed by atoms with Crippen LogP contribution in [0.25, 0.3) is 0 Å². The van der Waals surface area contributed by atoms with Gasteiger partial charge in [0, 0.05) is 0 Å². The molecule has 0 aromatic heterocycles. The molecule has 0 bridgehead atoms. The van der Waals surface area contributed by atoms with Gasteiger partial charge in [-0.2, -0.15) is 0 Å². The normalized spacial score (nSPS) is 10.7. The first-order chi connectivity index (χ1) is 5.31. The van der Waals surface area contributed by atoms with Gasteiger partial charge in [0.05, 0.1) is 0 Å². The van der Waals surface area contributed by atoms with Crippen molar-refractivity contribution in [1.82, 2.24) is 0 Å². The highest BCUT2D eigenvalue weighted by Gasteiger charge is 1.78. The van der Waals surface area contributed by atoms with Crippen LogP contribution in [0.1, 0.15) is 34.1 Å². The average Bonchev–Trinajstić information content (AvgIpc) is 2.08. The number of hydrogen-bond acceptors (Lipinski definition) is 0. The number of rotatable bonds is 3. The summed E-state index contributed by atoms with van der Waals surface area (Å²) in [6.07, 6.45) is 9.02. The minimum Gasteiger partial charge on any atom is -0.0991 e. The zero-order valence-corrected chi connectivity index (χ0v) is 8.22. The predicted octanol–water partition coefficient (Wildman–Crippen LogP) is 4.11. The fourth-order valence-corrected chi connectivity index (χ4v) is 0.468. The molecule has 0 saturated carbocycles. The maximum Gasteiger partial charge on any atom is -0.0139 e. The molecule has 0 unspecified atom stereocenters. The van der Waals surface area contributed by atoms with Crippen LogP contribution in [0.5, 0.6) is 0 Å². The van der Waals surface area contributed by atoms with Crippen molar-refractivity contribution >= 4 is 0 Å². The summed E-state index contributed by atoms with van der Waals surface area (Å²) in [6.45, 7) is 11.7. The third-order valence-corrected chi connectivity index (χ3v) is 1.20. The fraction of sp³-hybridized carbons (Fsp3) is 0.455. The second-order valence-corrected chi connectivity index (χ2v) is 2.00. The summed E-state index contributed by atoms with van der Waals surface area (Å²) in [5.74, 6) is 0. The first kappa shape index (κ1) is 12.9. The molecule has 0 saturated heterocycles. The van der Waals surface area contributed by atoms with E-state index in [1.807, 2.05) is 19.9 Å². The van der Waals surface area contributed by atoms with Crippen LogP contribution >= 0.6 is 0 Å². The molecule has 0 nitrogen and oxygen atoms in total. The van der Waals surface area contributed by atoms with E-state index in [1.165, 1.54) is 5.57 Å². The molecule has 0 atom stereocenters. The molecule has 0 aromatic rings. The minimum absolute atomic E-state index is 1.04. The predicted molar refractivity (Wildman–Crippen MR) is 54.7 cm³/mol. The Balaban J connectivity index is 0. The molecular formula is C11H20. The summed E-state index contributed by atoms with van der Waals surface area (Å²) in [5, 5.41) is 0. The van der Waals surface area contributed by atoms with Gasteiger partial charge < -0.3 is 0 Å². The van der Waals surface area contributed by atoms with E-state index in [0.29, 0.717) is 0 Å². The van der Waals surface area contributed by atoms with Crippen LogP contribution in [-0.4, -0.2) is 0 Å². The summed E-state index contributed by atoms with van der Waals surface area (Å²) in [4.78, 5) is 0. The SMILES string of the molecule is C=CC=CC/C(C)=C\C.CC. The third-order valence-electron chi connectivity index (χ3n) is 1.20. The lowest BCUT2D eigenvalue weighted by Crippen LogP contribution is -1.68. The standard InChI is InChI=1S/C9H14.C2H6/c1-4-6-7-8-9(3)5-2;1-2/h4-7H,1,8H2,2-3H3;1-2H3/b7-6?,9-5-;. The van der Waals surface area contributed by atoms with Crippen molar-refractivity contribution in [3.05, 3.63) is 36.5 Å². The van der Waals surface area contributed by atoms with Gasteiger partial charge in [-0.05, 0) is 20.3 Å². The molecule has 0 fully saturated rings. The van der Waals surface area contributed by atoms with Gasteiger partial charge in [-0.15, -0.1) is 0 Å². The molecule has 0 radical (unpaired) electrons. The molecule has 0 rings (SSSR count). The first-order valence-corrected chi connectivity index (χ1v) is 4.20. The van der Waals surface area contributed by atoms with Crippen LogP contribution in [0.4, 0.5) is 0 Å². The third kappa shape index (κ3) is 12.4. The summed E-state index contributed by atoms with van der Waals surface area (Å²) in [6, 6.07) is 0. The van der Waals surface area contributed by atoms with Crippen molar-refractivity contribution in [3.8, 4) is 0 Å². The van der Waals surface area contributed by atoms with Gasteiger partial charge in [0.25, 0.3) is 0 Å². The smallest absolute Gasteiger partial charge is 0.0139 e. The lowest BCUT2D eigenvalue weighted by molar-refractivity contribution is 1.20. The molecule has 11 heavy (non-hydrogen) atoms. The molecular weight excluding hydrogens is 132 g/mol. The number of hydrogen-bond donors (Lipinski definition) is 0. The molecule has 0 aliphatic carbocycles. The van der Waals surface area contributed by atoms with E-state index in [-0.39, 0.29) is 0 Å². The second-order valence-electron chi connectivity index (χ2n) is 2.00. The van der Waals surface area contributed by atoms with Crippen molar-refractivity contribution < 1.29 is 0 Å². The van der Waals surface area contributed by atoms with E-state index >= 15 is 0 Å². The lowest BCUT2D eigenvalue weighted by Gasteiger charge is -1.89. The van der Waals surface area contributed by atoms with Crippen LogP contribution in [0, 0.1) is 0 Å². The van der Waals surface area contributed by atoms with E-state index in [9.17, 15) is 0 Å². The molecule has 0 N–H and O–H groups in total. The minimum atomic E-state index is 1.04. The molecule has 0 amide bonds. The van der Waals surface area contributed by atoms with Gasteiger partial charge in [0.1, 0.15) is 0 Å². The van der Waals surface area contributed by atoms with E-state index in [4.69, 9.17) is 0 Å². The van der Waals surface area contributed by atoms with Gasteiger partial charge >= 0.3 is 0 Å². The van der Waals surface area contributed by atoms with Crippen LogP contribution in [0.2, 0.25) is 0 Å². The molecule has 64 valence electrons. The van der Waals surface area contributed by atoms with Crippen molar-refractivity contribution in [2.75, 3.05) is 0 Å². The van der Waals surface area contributed by atoms with Gasteiger partial charge in [-0.25, -0.2) is 0 Å². The topological polar surface area (TPSA) is 0 Å². The Hall–Kier alpha value is -0.780. The fourth-order valence-electron chi connectivity index (χ4n) is 0.468. The first-order valence-electron chi connectivity index (χ1n) is 4.20. The quantitative estimate of drug-likeness (QED) is 0.421. The molecule has 0 aromatic carbocycles. The largest absolute Gasteiger partial charge is 0.0991 e. The van der Waals surface area contributed by atoms with E-state index in [0.717, 1.165) is 6.42 Å². The Morgan fingerprint density at radius 1 is 1.36 bits per heavy atom. The van der Waals surface area contributed by atoms with Gasteiger partial charge in [0.2, 0.25) is 0 Å². The summed E-state index contributed by atoms with van der Waals surface area (Å²) >= 11 is 0. The Morgan fingerprint density at radius 3 is 2.27 bits per heavy atom. The van der Waals surface area contributed by atoms with E-state index in [1.54, 1.807) is 6.08 Å². The molecule has 0 spiro atoms. The zero-order valence-electron chi connectivity index (χ0n) is 8.22. The zero-order chi connectivity index (χ0) is 9.11. The molecule has 0 aliphatic heterocycles. The number of allylic oxidation sites excluding steroid dienone is 5. The Bertz CT molecular complexity index is 127. The van der Waals surface area contributed by atoms with Crippen molar-refractivity contribution in [3.63, 3.8) is 0 Å². The molecule has 0 heteroatoms. The maximum atomic E-state index is 3.58. The summed E-state index contributed by atoms with van der Waals surface area (Å²) in [7, 11) is 0. The molecule has 0 heterocycles. The van der Waals surface area contributed by atoms with E-state index < -0.39 is 0 Å². The van der Waals surface area contributed by atoms with Crippen LogP contribution in [-0.2, 0) is 0 Å². The second kappa shape index (κ2) is 12.0. The summed E-state index contributed by atoms with van der Waals surface area (Å²) in [5.41, 5.74) is 1.40. The van der Waals surface area contributed by atoms with Crippen LogP contribution in [0.3, 0.4) is 0 Å². The van der Waals surface area contributed by atoms with Crippen molar-refractivity contribution in [2.24, 2.45) is 0 Å². The highest BCUT2D eigenvalue weighted by molar-refractivity contribution is 5.06. The monoisotopic (exact) mass is 152 g/mol. The Kier molecular flexibility index (Phi) is 14.0. The summed E-state index contributed by atoms with van der Waals surface area (Å²) < 4.78 is 0. The Labute approximate surface area is 71.3 Å². The van der Waals surface area contributed by atoms with Gasteiger partial charge in [0.15, 0.2) is 0 Å². The maximum absolute atomic E-state index is 3.58. The molecule has 0 aliphatic rings. The van der Waals surface area contributed by atoms with Gasteiger partial charge in [-0.1, -0.05) is 50.3 Å². The average molecular weight is 152 g/mol. The van der Waals surface area contributed by atoms with Crippen LogP contribution in [0.15, 0.2) is 36.5 Å². The van der Waals surface area contributed by atoms with Gasteiger partial charge in [-0.3, -0.25) is 0 Å². The highest BCUT2D eigenvalue weighted by Crippen LogP contribution is 1.98. The lowest BCUT2D eigenvalue weighted by atomic mass is 10.2. The van der Waals surface area contributed by atoms with Crippen molar-refractivity contribution in [1.29, 1.82) is 0 Å². The van der Waals surface area contributed by atoms with E-state index in [2.05, 4.69) is 32.6 Å².